The van der Waals surface area contributed by atoms with Gasteiger partial charge in [0, 0.05) is 11.8 Å². The topological polar surface area (TPSA) is 35.8 Å². The Morgan fingerprint density at radius 1 is 1.56 bits per heavy atom. The molecule has 1 aliphatic heterocycles. The Kier molecular flexibility index (Phi) is 3.98. The molecule has 1 N–H and O–H groups in total. The van der Waals surface area contributed by atoms with Gasteiger partial charge in [0.25, 0.3) is 0 Å². The van der Waals surface area contributed by atoms with Crippen LogP contribution in [0.1, 0.15) is 18.4 Å². The first kappa shape index (κ1) is 11.6. The average Bonchev–Trinajstić information content (AvgIpc) is 2.79. The van der Waals surface area contributed by atoms with Crippen LogP contribution in [0.4, 0.5) is 5.69 Å². The number of anilines is 1. The fourth-order valence-electron chi connectivity index (χ4n) is 1.81. The Morgan fingerprint density at radius 2 is 2.44 bits per heavy atom. The van der Waals surface area contributed by atoms with Crippen LogP contribution in [0.2, 0.25) is 5.02 Å². The molecule has 1 aromatic carbocycles. The summed E-state index contributed by atoms with van der Waals surface area (Å²) in [5.41, 5.74) is 1.40. The van der Waals surface area contributed by atoms with Gasteiger partial charge in [-0.2, -0.15) is 17.0 Å². The first-order chi connectivity index (χ1) is 7.81. The van der Waals surface area contributed by atoms with Gasteiger partial charge in [-0.05, 0) is 30.7 Å². The highest BCUT2D eigenvalue weighted by Crippen LogP contribution is 2.28. The molecular weight excluding hydrogens is 240 g/mol. The number of halogens is 1. The van der Waals surface area contributed by atoms with Gasteiger partial charge in [-0.1, -0.05) is 17.7 Å². The lowest BCUT2D eigenvalue weighted by atomic mass is 10.2. The van der Waals surface area contributed by atoms with Crippen molar-refractivity contribution in [3.05, 3.63) is 28.8 Å². The standard InChI is InChI=1S/C12H13ClN2S/c13-11-4-1-5-12(10(11)7-14)15-8-9-3-2-6-16-9/h1,4-5,9,15H,2-3,6,8H2. The Bertz CT molecular complexity index is 408. The van der Waals surface area contributed by atoms with Gasteiger partial charge >= 0.3 is 0 Å². The van der Waals surface area contributed by atoms with E-state index in [0.717, 1.165) is 12.2 Å². The fourth-order valence-corrected chi connectivity index (χ4v) is 3.23. The molecule has 0 spiro atoms. The maximum absolute atomic E-state index is 9.01. The van der Waals surface area contributed by atoms with Crippen molar-refractivity contribution in [2.45, 2.75) is 18.1 Å². The summed E-state index contributed by atoms with van der Waals surface area (Å²) < 4.78 is 0. The molecule has 0 aromatic heterocycles. The minimum Gasteiger partial charge on any atom is -0.383 e. The molecule has 1 unspecified atom stereocenters. The Morgan fingerprint density at radius 3 is 3.12 bits per heavy atom. The lowest BCUT2D eigenvalue weighted by Gasteiger charge is -2.12. The molecule has 1 aliphatic rings. The first-order valence-electron chi connectivity index (χ1n) is 5.35. The van der Waals surface area contributed by atoms with Crippen molar-refractivity contribution in [2.75, 3.05) is 17.6 Å². The van der Waals surface area contributed by atoms with Crippen LogP contribution in [0.3, 0.4) is 0 Å². The molecule has 1 heterocycles. The molecule has 1 atom stereocenters. The molecule has 16 heavy (non-hydrogen) atoms. The van der Waals surface area contributed by atoms with E-state index in [-0.39, 0.29) is 0 Å². The molecule has 1 fully saturated rings. The van der Waals surface area contributed by atoms with E-state index in [9.17, 15) is 0 Å². The van der Waals surface area contributed by atoms with E-state index in [4.69, 9.17) is 16.9 Å². The lowest BCUT2D eigenvalue weighted by molar-refractivity contribution is 0.805. The summed E-state index contributed by atoms with van der Waals surface area (Å²) in [7, 11) is 0. The van der Waals surface area contributed by atoms with Gasteiger partial charge in [0.15, 0.2) is 0 Å². The van der Waals surface area contributed by atoms with Crippen LogP contribution in [0.15, 0.2) is 18.2 Å². The normalized spacial score (nSPS) is 19.4. The molecular formula is C12H13ClN2S. The SMILES string of the molecule is N#Cc1c(Cl)cccc1NCC1CCCS1. The van der Waals surface area contributed by atoms with Crippen molar-refractivity contribution in [3.8, 4) is 6.07 Å². The van der Waals surface area contributed by atoms with Crippen LogP contribution < -0.4 is 5.32 Å². The highest BCUT2D eigenvalue weighted by Gasteiger charge is 2.15. The molecule has 1 saturated heterocycles. The third kappa shape index (κ3) is 2.63. The number of benzene rings is 1. The van der Waals surface area contributed by atoms with Gasteiger partial charge in [-0.3, -0.25) is 0 Å². The van der Waals surface area contributed by atoms with E-state index in [2.05, 4.69) is 11.4 Å². The van der Waals surface area contributed by atoms with Gasteiger partial charge in [0.05, 0.1) is 16.3 Å². The van der Waals surface area contributed by atoms with E-state index in [1.807, 2.05) is 23.9 Å². The maximum Gasteiger partial charge on any atom is 0.103 e. The minimum atomic E-state index is 0.520. The number of hydrogen-bond acceptors (Lipinski definition) is 3. The Labute approximate surface area is 105 Å². The quantitative estimate of drug-likeness (QED) is 0.894. The molecule has 84 valence electrons. The molecule has 0 bridgehead atoms. The third-order valence-corrected chi connectivity index (χ3v) is 4.38. The average molecular weight is 253 g/mol. The zero-order valence-corrected chi connectivity index (χ0v) is 10.4. The van der Waals surface area contributed by atoms with Gasteiger partial charge in [0.1, 0.15) is 6.07 Å². The van der Waals surface area contributed by atoms with Crippen LogP contribution in [0.25, 0.3) is 0 Å². The van der Waals surface area contributed by atoms with Crippen molar-refractivity contribution in [1.82, 2.24) is 0 Å². The summed E-state index contributed by atoms with van der Waals surface area (Å²) in [6.45, 7) is 0.916. The molecule has 1 aromatic rings. The van der Waals surface area contributed by atoms with E-state index in [0.29, 0.717) is 15.8 Å². The molecule has 0 radical (unpaired) electrons. The second kappa shape index (κ2) is 5.47. The molecule has 2 rings (SSSR count). The molecule has 0 saturated carbocycles. The van der Waals surface area contributed by atoms with Crippen LogP contribution in [-0.2, 0) is 0 Å². The first-order valence-corrected chi connectivity index (χ1v) is 6.78. The predicted molar refractivity (Wildman–Crippen MR) is 70.1 cm³/mol. The predicted octanol–water partition coefficient (Wildman–Crippen LogP) is 3.52. The maximum atomic E-state index is 9.01. The second-order valence-corrected chi connectivity index (χ2v) is 5.61. The molecule has 0 amide bonds. The molecule has 4 heteroatoms. The highest BCUT2D eigenvalue weighted by atomic mass is 35.5. The van der Waals surface area contributed by atoms with E-state index in [1.54, 1.807) is 6.07 Å². The summed E-state index contributed by atoms with van der Waals surface area (Å²) in [6, 6.07) is 7.66. The zero-order valence-electron chi connectivity index (χ0n) is 8.87. The van der Waals surface area contributed by atoms with Gasteiger partial charge in [-0.15, -0.1) is 0 Å². The van der Waals surface area contributed by atoms with Crippen molar-refractivity contribution < 1.29 is 0 Å². The number of rotatable bonds is 3. The summed E-state index contributed by atoms with van der Waals surface area (Å²) in [5.74, 6) is 1.26. The van der Waals surface area contributed by atoms with Crippen molar-refractivity contribution in [1.29, 1.82) is 5.26 Å². The molecule has 0 aliphatic carbocycles. The van der Waals surface area contributed by atoms with E-state index in [1.165, 1.54) is 18.6 Å². The van der Waals surface area contributed by atoms with Gasteiger partial charge in [0.2, 0.25) is 0 Å². The zero-order chi connectivity index (χ0) is 11.4. The van der Waals surface area contributed by atoms with Crippen molar-refractivity contribution in [3.63, 3.8) is 0 Å². The Balaban J connectivity index is 2.03. The smallest absolute Gasteiger partial charge is 0.103 e. The fraction of sp³-hybridized carbons (Fsp3) is 0.417. The monoisotopic (exact) mass is 252 g/mol. The number of hydrogen-bond donors (Lipinski definition) is 1. The second-order valence-electron chi connectivity index (χ2n) is 3.79. The van der Waals surface area contributed by atoms with E-state index < -0.39 is 0 Å². The molecule has 2 nitrogen and oxygen atoms in total. The third-order valence-electron chi connectivity index (χ3n) is 2.67. The minimum absolute atomic E-state index is 0.520. The number of nitriles is 1. The largest absolute Gasteiger partial charge is 0.383 e. The number of nitrogens with one attached hydrogen (secondary N) is 1. The van der Waals surface area contributed by atoms with Gasteiger partial charge in [-0.25, -0.2) is 0 Å². The van der Waals surface area contributed by atoms with Gasteiger partial charge < -0.3 is 5.32 Å². The van der Waals surface area contributed by atoms with Crippen LogP contribution >= 0.6 is 23.4 Å². The van der Waals surface area contributed by atoms with Crippen molar-refractivity contribution >= 4 is 29.1 Å². The summed E-state index contributed by atoms with van der Waals surface area (Å²) >= 11 is 7.96. The summed E-state index contributed by atoms with van der Waals surface area (Å²) in [4.78, 5) is 0. The Hall–Kier alpha value is -0.850. The summed E-state index contributed by atoms with van der Waals surface area (Å²) in [5, 5.41) is 13.5. The number of nitrogens with zero attached hydrogens (tertiary/aromatic N) is 1. The van der Waals surface area contributed by atoms with Crippen LogP contribution in [-0.4, -0.2) is 17.5 Å². The van der Waals surface area contributed by atoms with Crippen LogP contribution in [0, 0.1) is 11.3 Å². The highest BCUT2D eigenvalue weighted by molar-refractivity contribution is 8.00. The number of thioether (sulfide) groups is 1. The van der Waals surface area contributed by atoms with Crippen molar-refractivity contribution in [2.24, 2.45) is 0 Å². The van der Waals surface area contributed by atoms with E-state index >= 15 is 0 Å². The van der Waals surface area contributed by atoms with Crippen LogP contribution in [0.5, 0.6) is 0 Å². The summed E-state index contributed by atoms with van der Waals surface area (Å²) in [6.07, 6.45) is 2.57. The lowest BCUT2D eigenvalue weighted by Crippen LogP contribution is -2.14.